The Morgan fingerprint density at radius 1 is 1.11 bits per heavy atom. The molecular weight excluding hydrogens is 390 g/mol. The lowest BCUT2D eigenvalue weighted by Crippen LogP contribution is -2.32. The Morgan fingerprint density at radius 2 is 1.89 bits per heavy atom. The Labute approximate surface area is 164 Å². The molecule has 1 heterocycles. The number of rotatable bonds is 10. The van der Waals surface area contributed by atoms with E-state index in [-0.39, 0.29) is 17.9 Å². The monoisotopic (exact) mass is 411 g/mol. The van der Waals surface area contributed by atoms with Gasteiger partial charge in [0.2, 0.25) is 5.91 Å². The standard InChI is InChI=1S/C18H22ClN3O4S/c19-15-8-7-9-16(14-15)27(25,26)22(17-10-4-5-12-20-17)13-6-2-1-3-11-18(23)21-24/h4-5,7-10,12,14,24H,1-3,6,11,13H2,(H,21,23). The highest BCUT2D eigenvalue weighted by atomic mass is 35.5. The molecule has 0 unspecified atom stereocenters. The van der Waals surface area contributed by atoms with Crippen LogP contribution < -0.4 is 9.79 Å². The number of carbonyl (C=O) groups excluding carboxylic acids is 1. The Bertz CT molecular complexity index is 847. The van der Waals surface area contributed by atoms with Gasteiger partial charge in [0, 0.05) is 24.2 Å². The molecule has 0 atom stereocenters. The van der Waals surface area contributed by atoms with Gasteiger partial charge in [0.15, 0.2) is 0 Å². The van der Waals surface area contributed by atoms with Gasteiger partial charge in [0.1, 0.15) is 5.82 Å². The van der Waals surface area contributed by atoms with Gasteiger partial charge >= 0.3 is 0 Å². The number of aromatic nitrogens is 1. The molecule has 27 heavy (non-hydrogen) atoms. The lowest BCUT2D eigenvalue weighted by atomic mass is 10.1. The number of benzene rings is 1. The average Bonchev–Trinajstić information content (AvgIpc) is 2.67. The number of hydrogen-bond donors (Lipinski definition) is 2. The van der Waals surface area contributed by atoms with E-state index in [1.54, 1.807) is 42.0 Å². The number of pyridine rings is 1. The fourth-order valence-electron chi connectivity index (χ4n) is 2.56. The molecule has 9 heteroatoms. The zero-order valence-corrected chi connectivity index (χ0v) is 16.3. The quantitative estimate of drug-likeness (QED) is 0.354. The number of anilines is 1. The van der Waals surface area contributed by atoms with E-state index >= 15 is 0 Å². The first kappa shape index (κ1) is 21.1. The summed E-state index contributed by atoms with van der Waals surface area (Å²) in [6, 6.07) is 11.2. The molecule has 146 valence electrons. The summed E-state index contributed by atoms with van der Waals surface area (Å²) in [5.74, 6) is -0.0780. The highest BCUT2D eigenvalue weighted by Gasteiger charge is 2.25. The van der Waals surface area contributed by atoms with Crippen LogP contribution in [0.4, 0.5) is 5.82 Å². The van der Waals surface area contributed by atoms with Crippen molar-refractivity contribution in [3.05, 3.63) is 53.7 Å². The van der Waals surface area contributed by atoms with E-state index in [0.29, 0.717) is 23.7 Å². The van der Waals surface area contributed by atoms with Gasteiger partial charge in [0.05, 0.1) is 4.90 Å². The molecule has 2 aromatic rings. The minimum Gasteiger partial charge on any atom is -0.289 e. The van der Waals surface area contributed by atoms with Crippen LogP contribution in [-0.4, -0.2) is 31.1 Å². The normalized spacial score (nSPS) is 11.2. The number of hydroxylamine groups is 1. The van der Waals surface area contributed by atoms with Gasteiger partial charge in [-0.05, 0) is 43.2 Å². The zero-order chi connectivity index (χ0) is 19.7. The van der Waals surface area contributed by atoms with Crippen LogP contribution in [0.2, 0.25) is 5.02 Å². The lowest BCUT2D eigenvalue weighted by molar-refractivity contribution is -0.129. The minimum atomic E-state index is -3.80. The van der Waals surface area contributed by atoms with E-state index in [4.69, 9.17) is 16.8 Å². The SMILES string of the molecule is O=C(CCCCCCN(c1ccccn1)S(=O)(=O)c1cccc(Cl)c1)NO. The van der Waals surface area contributed by atoms with Crippen molar-refractivity contribution in [1.82, 2.24) is 10.5 Å². The number of nitrogens with zero attached hydrogens (tertiary/aromatic N) is 2. The molecule has 0 saturated carbocycles. The van der Waals surface area contributed by atoms with Crippen LogP contribution >= 0.6 is 11.6 Å². The summed E-state index contributed by atoms with van der Waals surface area (Å²) in [5, 5.41) is 8.81. The molecule has 1 aromatic heterocycles. The second kappa shape index (κ2) is 10.2. The Kier molecular flexibility index (Phi) is 8.02. The fourth-order valence-corrected chi connectivity index (χ4v) is 4.32. The predicted molar refractivity (Wildman–Crippen MR) is 103 cm³/mol. The molecule has 0 aliphatic carbocycles. The summed E-state index contributed by atoms with van der Waals surface area (Å²) in [6.07, 6.45) is 4.51. The molecule has 1 aromatic carbocycles. The van der Waals surface area contributed by atoms with E-state index < -0.39 is 15.9 Å². The lowest BCUT2D eigenvalue weighted by Gasteiger charge is -2.23. The highest BCUT2D eigenvalue weighted by molar-refractivity contribution is 7.92. The van der Waals surface area contributed by atoms with Gasteiger partial charge < -0.3 is 0 Å². The number of halogens is 1. The third kappa shape index (κ3) is 6.20. The van der Waals surface area contributed by atoms with Crippen molar-refractivity contribution in [2.24, 2.45) is 0 Å². The number of unbranched alkanes of at least 4 members (excludes halogenated alkanes) is 3. The van der Waals surface area contributed by atoms with E-state index in [2.05, 4.69) is 4.98 Å². The minimum absolute atomic E-state index is 0.111. The Hall–Kier alpha value is -2.16. The number of sulfonamides is 1. The number of amides is 1. The van der Waals surface area contributed by atoms with Gasteiger partial charge in [-0.1, -0.05) is 36.6 Å². The molecule has 2 rings (SSSR count). The maximum absolute atomic E-state index is 13.1. The van der Waals surface area contributed by atoms with E-state index in [9.17, 15) is 13.2 Å². The first-order valence-electron chi connectivity index (χ1n) is 8.57. The molecule has 0 spiro atoms. The summed E-state index contributed by atoms with van der Waals surface area (Å²) >= 11 is 5.95. The van der Waals surface area contributed by atoms with Crippen LogP contribution in [0.25, 0.3) is 0 Å². The molecular formula is C18H22ClN3O4S. The molecule has 0 bridgehead atoms. The van der Waals surface area contributed by atoms with E-state index in [1.165, 1.54) is 16.4 Å². The topological polar surface area (TPSA) is 99.6 Å². The first-order chi connectivity index (χ1) is 12.9. The van der Waals surface area contributed by atoms with Crippen LogP contribution in [0.5, 0.6) is 0 Å². The van der Waals surface area contributed by atoms with Crippen molar-refractivity contribution in [3.63, 3.8) is 0 Å². The van der Waals surface area contributed by atoms with Crippen molar-refractivity contribution in [1.29, 1.82) is 0 Å². The van der Waals surface area contributed by atoms with Crippen molar-refractivity contribution < 1.29 is 18.4 Å². The summed E-state index contributed by atoms with van der Waals surface area (Å²) in [4.78, 5) is 15.3. The molecule has 0 radical (unpaired) electrons. The van der Waals surface area contributed by atoms with Gasteiger partial charge in [-0.3, -0.25) is 10.0 Å². The molecule has 0 aliphatic heterocycles. The summed E-state index contributed by atoms with van der Waals surface area (Å²) in [6.45, 7) is 0.262. The first-order valence-corrected chi connectivity index (χ1v) is 10.4. The maximum Gasteiger partial charge on any atom is 0.265 e. The number of nitrogens with one attached hydrogen (secondary N) is 1. The number of hydrogen-bond acceptors (Lipinski definition) is 5. The molecule has 7 nitrogen and oxygen atoms in total. The van der Waals surface area contributed by atoms with Gasteiger partial charge in [-0.25, -0.2) is 23.2 Å². The fraction of sp³-hybridized carbons (Fsp3) is 0.333. The maximum atomic E-state index is 13.1. The van der Waals surface area contributed by atoms with E-state index in [1.807, 2.05) is 0 Å². The molecule has 1 amide bonds. The van der Waals surface area contributed by atoms with Crippen LogP contribution in [0, 0.1) is 0 Å². The highest BCUT2D eigenvalue weighted by Crippen LogP contribution is 2.24. The van der Waals surface area contributed by atoms with Crippen molar-refractivity contribution in [2.75, 3.05) is 10.8 Å². The van der Waals surface area contributed by atoms with Crippen LogP contribution in [0.15, 0.2) is 53.6 Å². The summed E-state index contributed by atoms with van der Waals surface area (Å²) in [5.41, 5.74) is 1.59. The molecule has 0 fully saturated rings. The van der Waals surface area contributed by atoms with Crippen LogP contribution in [0.1, 0.15) is 32.1 Å². The van der Waals surface area contributed by atoms with Gasteiger partial charge in [-0.15, -0.1) is 0 Å². The third-order valence-corrected chi connectivity index (χ3v) is 5.96. The molecule has 0 saturated heterocycles. The largest absolute Gasteiger partial charge is 0.289 e. The Morgan fingerprint density at radius 3 is 2.56 bits per heavy atom. The summed E-state index contributed by atoms with van der Waals surface area (Å²) < 4.78 is 27.4. The van der Waals surface area contributed by atoms with E-state index in [0.717, 1.165) is 12.8 Å². The smallest absolute Gasteiger partial charge is 0.265 e. The summed E-state index contributed by atoms with van der Waals surface area (Å²) in [7, 11) is -3.80. The molecule has 0 aliphatic rings. The zero-order valence-electron chi connectivity index (χ0n) is 14.7. The van der Waals surface area contributed by atoms with Crippen molar-refractivity contribution >= 4 is 33.3 Å². The van der Waals surface area contributed by atoms with Gasteiger partial charge in [0.25, 0.3) is 10.0 Å². The average molecular weight is 412 g/mol. The van der Waals surface area contributed by atoms with Crippen LogP contribution in [0.3, 0.4) is 0 Å². The second-order valence-corrected chi connectivity index (χ2v) is 8.22. The van der Waals surface area contributed by atoms with Crippen LogP contribution in [-0.2, 0) is 14.8 Å². The predicted octanol–water partition coefficient (Wildman–Crippen LogP) is 3.39. The van der Waals surface area contributed by atoms with Gasteiger partial charge in [-0.2, -0.15) is 0 Å². The number of carbonyl (C=O) groups is 1. The second-order valence-electron chi connectivity index (χ2n) is 5.92. The third-order valence-electron chi connectivity index (χ3n) is 3.93. The van der Waals surface area contributed by atoms with Crippen molar-refractivity contribution in [2.45, 2.75) is 37.0 Å². The Balaban J connectivity index is 2.08. The molecule has 2 N–H and O–H groups in total. The van der Waals surface area contributed by atoms with Crippen molar-refractivity contribution in [3.8, 4) is 0 Å².